The van der Waals surface area contributed by atoms with Gasteiger partial charge in [-0.05, 0) is 61.3 Å². The minimum absolute atomic E-state index is 0.293. The van der Waals surface area contributed by atoms with Crippen LogP contribution in [-0.2, 0) is 0 Å². The van der Waals surface area contributed by atoms with E-state index >= 15 is 0 Å². The van der Waals surface area contributed by atoms with E-state index in [4.69, 9.17) is 4.74 Å². The third kappa shape index (κ3) is 5.56. The fourth-order valence-electron chi connectivity index (χ4n) is 4.46. The number of methoxy groups -OCH3 is 1. The number of rotatable bonds is 9. The predicted octanol–water partition coefficient (Wildman–Crippen LogP) is 7.53. The van der Waals surface area contributed by atoms with Gasteiger partial charge < -0.3 is 4.74 Å². The van der Waals surface area contributed by atoms with E-state index in [2.05, 4.69) is 18.0 Å². The second-order valence-electron chi connectivity index (χ2n) is 8.24. The fraction of sp³-hybridized carbons (Fsp3) is 0.560. The summed E-state index contributed by atoms with van der Waals surface area (Å²) in [7, 11) is 1.54. The lowest BCUT2D eigenvalue weighted by Crippen LogP contribution is -2.13. The molecule has 0 unspecified atom stereocenters. The molecule has 1 aliphatic carbocycles. The normalized spacial score (nSPS) is 19.5. The van der Waals surface area contributed by atoms with Gasteiger partial charge in [-0.3, -0.25) is 4.98 Å². The Morgan fingerprint density at radius 1 is 1.00 bits per heavy atom. The Morgan fingerprint density at radius 2 is 1.79 bits per heavy atom. The van der Waals surface area contributed by atoms with Crippen LogP contribution in [0.25, 0.3) is 11.3 Å². The van der Waals surface area contributed by atoms with Crippen LogP contribution in [0.1, 0.15) is 82.6 Å². The molecule has 1 saturated carbocycles. The van der Waals surface area contributed by atoms with E-state index in [1.165, 1.54) is 75.8 Å². The van der Waals surface area contributed by atoms with E-state index in [0.29, 0.717) is 22.9 Å². The van der Waals surface area contributed by atoms with Crippen molar-refractivity contribution >= 4 is 0 Å². The van der Waals surface area contributed by atoms with Gasteiger partial charge in [-0.2, -0.15) is 0 Å². The molecular weight excluding hydrogens is 349 g/mol. The Bertz CT molecular complexity index is 720. The molecule has 1 aliphatic rings. The first-order valence-corrected chi connectivity index (χ1v) is 11.0. The van der Waals surface area contributed by atoms with Gasteiger partial charge in [0.1, 0.15) is 11.6 Å². The molecule has 1 fully saturated rings. The van der Waals surface area contributed by atoms with Crippen LogP contribution in [0.2, 0.25) is 0 Å². The van der Waals surface area contributed by atoms with Crippen LogP contribution in [0.15, 0.2) is 36.5 Å². The van der Waals surface area contributed by atoms with Crippen molar-refractivity contribution in [2.75, 3.05) is 7.11 Å². The molecule has 152 valence electrons. The Labute approximate surface area is 169 Å². The molecule has 0 bridgehead atoms. The number of aromatic nitrogens is 1. The minimum Gasteiger partial charge on any atom is -0.497 e. The summed E-state index contributed by atoms with van der Waals surface area (Å²) in [5, 5.41) is 0. The molecule has 3 heteroatoms. The molecule has 0 radical (unpaired) electrons. The Morgan fingerprint density at radius 3 is 2.43 bits per heavy atom. The van der Waals surface area contributed by atoms with Gasteiger partial charge in [-0.25, -0.2) is 4.39 Å². The maximum absolute atomic E-state index is 14.3. The highest BCUT2D eigenvalue weighted by Crippen LogP contribution is 2.38. The maximum Gasteiger partial charge on any atom is 0.136 e. The van der Waals surface area contributed by atoms with Gasteiger partial charge in [-0.15, -0.1) is 0 Å². The van der Waals surface area contributed by atoms with Crippen molar-refractivity contribution in [3.05, 3.63) is 47.9 Å². The molecule has 2 nitrogen and oxygen atoms in total. The summed E-state index contributed by atoms with van der Waals surface area (Å²) in [5.41, 5.74) is 2.52. The van der Waals surface area contributed by atoms with Crippen molar-refractivity contribution in [2.24, 2.45) is 5.92 Å². The average molecular weight is 384 g/mol. The van der Waals surface area contributed by atoms with E-state index < -0.39 is 0 Å². The molecule has 0 aliphatic heterocycles. The van der Waals surface area contributed by atoms with Gasteiger partial charge >= 0.3 is 0 Å². The summed E-state index contributed by atoms with van der Waals surface area (Å²) in [6.45, 7) is 2.27. The number of ether oxygens (including phenoxy) is 1. The van der Waals surface area contributed by atoms with E-state index in [0.717, 1.165) is 5.92 Å². The minimum atomic E-state index is -0.293. The monoisotopic (exact) mass is 383 g/mol. The third-order valence-electron chi connectivity index (χ3n) is 6.27. The van der Waals surface area contributed by atoms with Gasteiger partial charge in [0.15, 0.2) is 0 Å². The molecule has 0 spiro atoms. The van der Waals surface area contributed by atoms with Crippen LogP contribution in [-0.4, -0.2) is 12.1 Å². The van der Waals surface area contributed by atoms with Gasteiger partial charge in [-0.1, -0.05) is 51.5 Å². The quantitative estimate of drug-likeness (QED) is 0.417. The Kier molecular flexibility index (Phi) is 7.88. The smallest absolute Gasteiger partial charge is 0.136 e. The lowest BCUT2D eigenvalue weighted by atomic mass is 9.77. The highest BCUT2D eigenvalue weighted by Gasteiger charge is 2.22. The molecule has 1 aromatic heterocycles. The summed E-state index contributed by atoms with van der Waals surface area (Å²) in [5.74, 6) is 1.76. The predicted molar refractivity (Wildman–Crippen MR) is 114 cm³/mol. The molecule has 1 heterocycles. The number of benzene rings is 1. The highest BCUT2D eigenvalue weighted by atomic mass is 19.1. The summed E-state index contributed by atoms with van der Waals surface area (Å²) in [4.78, 5) is 4.56. The second kappa shape index (κ2) is 10.6. The number of pyridine rings is 1. The Balaban J connectivity index is 1.51. The molecule has 3 rings (SSSR count). The number of halogens is 1. The average Bonchev–Trinajstić information content (AvgIpc) is 2.74. The summed E-state index contributed by atoms with van der Waals surface area (Å²) in [6.07, 6.45) is 15.5. The first-order chi connectivity index (χ1) is 13.7. The van der Waals surface area contributed by atoms with Gasteiger partial charge in [0.05, 0.1) is 12.8 Å². The molecule has 0 amide bonds. The molecular formula is C25H34FNO. The molecule has 0 N–H and O–H groups in total. The molecule has 0 saturated heterocycles. The largest absolute Gasteiger partial charge is 0.497 e. The summed E-state index contributed by atoms with van der Waals surface area (Å²) < 4.78 is 19.3. The second-order valence-corrected chi connectivity index (χ2v) is 8.24. The molecule has 28 heavy (non-hydrogen) atoms. The molecule has 2 aromatic rings. The van der Waals surface area contributed by atoms with E-state index in [1.807, 2.05) is 12.3 Å². The fourth-order valence-corrected chi connectivity index (χ4v) is 4.46. The first kappa shape index (κ1) is 20.8. The van der Waals surface area contributed by atoms with Crippen LogP contribution >= 0.6 is 0 Å². The first-order valence-electron chi connectivity index (χ1n) is 11.0. The van der Waals surface area contributed by atoms with Crippen molar-refractivity contribution in [1.29, 1.82) is 0 Å². The van der Waals surface area contributed by atoms with Crippen LogP contribution in [0.5, 0.6) is 5.75 Å². The number of hydrogen-bond donors (Lipinski definition) is 0. The lowest BCUT2D eigenvalue weighted by Gasteiger charge is -2.28. The standard InChI is InChI=1S/C25H34FNO/c1-3-4-5-6-7-8-19-9-11-20(12-10-19)21-13-16-25(27-18-21)23-15-14-22(28-2)17-24(23)26/h13-20H,3-12H2,1-2H3. The highest BCUT2D eigenvalue weighted by molar-refractivity contribution is 5.61. The van der Waals surface area contributed by atoms with E-state index in [-0.39, 0.29) is 5.82 Å². The molecule has 1 aromatic carbocycles. The maximum atomic E-state index is 14.3. The van der Waals surface area contributed by atoms with E-state index in [1.54, 1.807) is 19.2 Å². The van der Waals surface area contributed by atoms with Crippen molar-refractivity contribution < 1.29 is 9.13 Å². The third-order valence-corrected chi connectivity index (χ3v) is 6.27. The van der Waals surface area contributed by atoms with Gasteiger partial charge in [0, 0.05) is 17.8 Å². The van der Waals surface area contributed by atoms with E-state index in [9.17, 15) is 4.39 Å². The number of unbranched alkanes of at least 4 members (excludes halogenated alkanes) is 4. The summed E-state index contributed by atoms with van der Waals surface area (Å²) in [6, 6.07) is 9.02. The zero-order valence-electron chi connectivity index (χ0n) is 17.4. The van der Waals surface area contributed by atoms with Crippen molar-refractivity contribution in [1.82, 2.24) is 4.98 Å². The van der Waals surface area contributed by atoms with Crippen LogP contribution in [0, 0.1) is 11.7 Å². The number of hydrogen-bond acceptors (Lipinski definition) is 2. The van der Waals surface area contributed by atoms with Crippen molar-refractivity contribution in [3.8, 4) is 17.0 Å². The van der Waals surface area contributed by atoms with Crippen LogP contribution < -0.4 is 4.74 Å². The molecule has 0 atom stereocenters. The summed E-state index contributed by atoms with van der Waals surface area (Å²) >= 11 is 0. The SMILES string of the molecule is CCCCCCCC1CCC(c2ccc(-c3ccc(OC)cc3F)nc2)CC1. The topological polar surface area (TPSA) is 22.1 Å². The number of nitrogens with zero attached hydrogens (tertiary/aromatic N) is 1. The van der Waals surface area contributed by atoms with Crippen LogP contribution in [0.3, 0.4) is 0 Å². The van der Waals surface area contributed by atoms with Gasteiger partial charge in [0.25, 0.3) is 0 Å². The van der Waals surface area contributed by atoms with Crippen molar-refractivity contribution in [2.45, 2.75) is 77.0 Å². The van der Waals surface area contributed by atoms with Crippen molar-refractivity contribution in [3.63, 3.8) is 0 Å². The lowest BCUT2D eigenvalue weighted by molar-refractivity contribution is 0.301. The van der Waals surface area contributed by atoms with Crippen LogP contribution in [0.4, 0.5) is 4.39 Å². The zero-order chi connectivity index (χ0) is 19.8. The zero-order valence-corrected chi connectivity index (χ0v) is 17.4. The Hall–Kier alpha value is -1.90. The van der Waals surface area contributed by atoms with Gasteiger partial charge in [0.2, 0.25) is 0 Å².